The zero-order valence-corrected chi connectivity index (χ0v) is 21.0. The summed E-state index contributed by atoms with van der Waals surface area (Å²) in [6.45, 7) is 5.52. The zero-order valence-electron chi connectivity index (χ0n) is 21.0. The minimum absolute atomic E-state index is 0.236. The molecule has 5 rings (SSSR count). The topological polar surface area (TPSA) is 81.9 Å². The molecule has 1 unspecified atom stereocenters. The number of aromatic nitrogens is 1. The second-order valence-corrected chi connectivity index (χ2v) is 9.59. The van der Waals surface area contributed by atoms with Crippen LogP contribution in [-0.4, -0.2) is 33.6 Å². The van der Waals surface area contributed by atoms with Gasteiger partial charge < -0.3 is 13.9 Å². The lowest BCUT2D eigenvalue weighted by Gasteiger charge is -2.29. The van der Waals surface area contributed by atoms with E-state index in [2.05, 4.69) is 4.98 Å². The van der Waals surface area contributed by atoms with Crippen molar-refractivity contribution in [1.82, 2.24) is 9.88 Å². The average molecular weight is 497 g/mol. The van der Waals surface area contributed by atoms with E-state index in [0.29, 0.717) is 0 Å². The smallest absolute Gasteiger partial charge is 0.417 e. The third kappa shape index (κ3) is 5.04. The van der Waals surface area contributed by atoms with E-state index in [1.165, 1.54) is 11.3 Å². The van der Waals surface area contributed by atoms with Crippen LogP contribution in [-0.2, 0) is 20.9 Å². The highest BCUT2D eigenvalue weighted by molar-refractivity contribution is 5.96. The minimum Gasteiger partial charge on any atom is -0.444 e. The molecule has 2 atom stereocenters. The Morgan fingerprint density at radius 2 is 1.59 bits per heavy atom. The van der Waals surface area contributed by atoms with E-state index in [9.17, 15) is 9.59 Å². The SMILES string of the molecule is CC(OCc1ccc(-c2ccc(-c3cnco3)cc2)cc1)C(=O)N1C(=O)OC(C)(C)[C@@H]1c1ccccc1. The number of imide groups is 1. The molecule has 1 aliphatic heterocycles. The number of hydrogen-bond acceptors (Lipinski definition) is 6. The van der Waals surface area contributed by atoms with Crippen molar-refractivity contribution in [2.75, 3.05) is 0 Å². The van der Waals surface area contributed by atoms with E-state index in [0.717, 1.165) is 33.6 Å². The maximum Gasteiger partial charge on any atom is 0.417 e. The van der Waals surface area contributed by atoms with Crippen molar-refractivity contribution < 1.29 is 23.5 Å². The first kappa shape index (κ1) is 24.5. The summed E-state index contributed by atoms with van der Waals surface area (Å²) in [6, 6.07) is 24.9. The monoisotopic (exact) mass is 496 g/mol. The molecule has 2 amide bonds. The van der Waals surface area contributed by atoms with Crippen molar-refractivity contribution >= 4 is 12.0 Å². The van der Waals surface area contributed by atoms with Gasteiger partial charge in [-0.05, 0) is 43.0 Å². The van der Waals surface area contributed by atoms with Crippen LogP contribution < -0.4 is 0 Å². The van der Waals surface area contributed by atoms with Crippen molar-refractivity contribution in [2.24, 2.45) is 0 Å². The highest BCUT2D eigenvalue weighted by atomic mass is 16.6. The van der Waals surface area contributed by atoms with Gasteiger partial charge in [-0.15, -0.1) is 0 Å². The van der Waals surface area contributed by atoms with Gasteiger partial charge >= 0.3 is 6.09 Å². The Hall–Kier alpha value is -4.23. The van der Waals surface area contributed by atoms with E-state index in [1.54, 1.807) is 13.1 Å². The molecule has 1 aromatic heterocycles. The molecule has 4 aromatic rings. The van der Waals surface area contributed by atoms with Crippen LogP contribution in [0.15, 0.2) is 95.9 Å². The number of ether oxygens (including phenoxy) is 2. The van der Waals surface area contributed by atoms with Crippen molar-refractivity contribution in [1.29, 1.82) is 0 Å². The fraction of sp³-hybridized carbons (Fsp3) is 0.233. The van der Waals surface area contributed by atoms with Gasteiger partial charge in [0, 0.05) is 5.56 Å². The lowest BCUT2D eigenvalue weighted by Crippen LogP contribution is -2.43. The van der Waals surface area contributed by atoms with Crippen LogP contribution in [0.5, 0.6) is 0 Å². The number of cyclic esters (lactones) is 1. The van der Waals surface area contributed by atoms with E-state index >= 15 is 0 Å². The molecular weight excluding hydrogens is 468 g/mol. The molecule has 0 spiro atoms. The molecule has 0 N–H and O–H groups in total. The summed E-state index contributed by atoms with van der Waals surface area (Å²) in [5, 5.41) is 0. The number of oxazole rings is 1. The third-order valence-corrected chi connectivity index (χ3v) is 6.55. The van der Waals surface area contributed by atoms with E-state index in [-0.39, 0.29) is 6.61 Å². The molecule has 1 saturated heterocycles. The number of carbonyl (C=O) groups is 2. The molecule has 2 heterocycles. The molecule has 7 heteroatoms. The molecule has 0 aliphatic carbocycles. The first-order valence-electron chi connectivity index (χ1n) is 12.1. The predicted molar refractivity (Wildman–Crippen MR) is 138 cm³/mol. The highest BCUT2D eigenvalue weighted by Gasteiger charge is 2.52. The largest absolute Gasteiger partial charge is 0.444 e. The summed E-state index contributed by atoms with van der Waals surface area (Å²) in [4.78, 5) is 31.1. The van der Waals surface area contributed by atoms with Gasteiger partial charge in [-0.2, -0.15) is 0 Å². The number of benzene rings is 3. The molecule has 188 valence electrons. The molecule has 0 saturated carbocycles. The fourth-order valence-electron chi connectivity index (χ4n) is 4.62. The Bertz CT molecular complexity index is 1360. The summed E-state index contributed by atoms with van der Waals surface area (Å²) < 4.78 is 16.8. The number of nitrogens with zero attached hydrogens (tertiary/aromatic N) is 2. The normalized spacial score (nSPS) is 17.4. The summed E-state index contributed by atoms with van der Waals surface area (Å²) in [6.07, 6.45) is 1.62. The molecule has 1 fully saturated rings. The standard InChI is InChI=1S/C30H28N2O5/c1-20(28(33)32-27(25-7-5-4-6-8-25)30(2,3)37-29(32)34)35-18-21-9-11-22(12-10-21)23-13-15-24(16-14-23)26-17-31-19-36-26/h4-17,19-20,27H,18H2,1-3H3/t20?,27-/m0/s1. The molecule has 0 radical (unpaired) electrons. The van der Waals surface area contributed by atoms with Crippen LogP contribution in [0.3, 0.4) is 0 Å². The predicted octanol–water partition coefficient (Wildman–Crippen LogP) is 6.41. The van der Waals surface area contributed by atoms with Gasteiger partial charge in [0.2, 0.25) is 0 Å². The number of hydrogen-bond donors (Lipinski definition) is 0. The van der Waals surface area contributed by atoms with E-state index in [4.69, 9.17) is 13.9 Å². The van der Waals surface area contributed by atoms with Crippen LogP contribution in [0.2, 0.25) is 0 Å². The Balaban J connectivity index is 1.23. The Morgan fingerprint density at radius 3 is 2.22 bits per heavy atom. The van der Waals surface area contributed by atoms with Crippen LogP contribution >= 0.6 is 0 Å². The number of rotatable bonds is 7. The Morgan fingerprint density at radius 1 is 0.973 bits per heavy atom. The molecular formula is C30H28N2O5. The van der Waals surface area contributed by atoms with Gasteiger partial charge in [-0.25, -0.2) is 14.7 Å². The third-order valence-electron chi connectivity index (χ3n) is 6.55. The minimum atomic E-state index is -0.850. The summed E-state index contributed by atoms with van der Waals surface area (Å²) in [7, 11) is 0. The summed E-state index contributed by atoms with van der Waals surface area (Å²) in [5.41, 5.74) is 4.00. The Kier molecular flexibility index (Phi) is 6.63. The van der Waals surface area contributed by atoms with Crippen molar-refractivity contribution in [3.05, 3.63) is 103 Å². The maximum absolute atomic E-state index is 13.3. The van der Waals surface area contributed by atoms with Crippen LogP contribution in [0.4, 0.5) is 4.79 Å². The molecule has 1 aliphatic rings. The van der Waals surface area contributed by atoms with Crippen molar-refractivity contribution in [3.8, 4) is 22.5 Å². The Labute approximate surface area is 215 Å². The average Bonchev–Trinajstić information content (AvgIpc) is 3.53. The molecule has 37 heavy (non-hydrogen) atoms. The highest BCUT2D eigenvalue weighted by Crippen LogP contribution is 2.41. The van der Waals surface area contributed by atoms with E-state index in [1.807, 2.05) is 92.7 Å². The van der Waals surface area contributed by atoms with Gasteiger partial charge in [-0.1, -0.05) is 78.9 Å². The molecule has 0 bridgehead atoms. The van der Waals surface area contributed by atoms with E-state index < -0.39 is 29.7 Å². The lowest BCUT2D eigenvalue weighted by atomic mass is 9.91. The summed E-state index contributed by atoms with van der Waals surface area (Å²) >= 11 is 0. The molecule has 7 nitrogen and oxygen atoms in total. The van der Waals surface area contributed by atoms with Gasteiger partial charge in [0.05, 0.1) is 12.8 Å². The zero-order chi connectivity index (χ0) is 26.0. The second kappa shape index (κ2) is 10.0. The van der Waals surface area contributed by atoms with Crippen molar-refractivity contribution in [3.63, 3.8) is 0 Å². The first-order chi connectivity index (χ1) is 17.8. The number of amides is 2. The number of carbonyl (C=O) groups excluding carboxylic acids is 2. The van der Waals surface area contributed by atoms with Crippen LogP contribution in [0.1, 0.15) is 37.9 Å². The quantitative estimate of drug-likeness (QED) is 0.294. The fourth-order valence-corrected chi connectivity index (χ4v) is 4.62. The van der Waals surface area contributed by atoms with Crippen LogP contribution in [0, 0.1) is 0 Å². The van der Waals surface area contributed by atoms with Crippen LogP contribution in [0.25, 0.3) is 22.5 Å². The first-order valence-corrected chi connectivity index (χ1v) is 12.1. The van der Waals surface area contributed by atoms with Gasteiger partial charge in [0.1, 0.15) is 17.7 Å². The lowest BCUT2D eigenvalue weighted by molar-refractivity contribution is -0.141. The van der Waals surface area contributed by atoms with Crippen molar-refractivity contribution in [2.45, 2.75) is 45.1 Å². The summed E-state index contributed by atoms with van der Waals surface area (Å²) in [5.74, 6) is 0.302. The maximum atomic E-state index is 13.3. The van der Waals surface area contributed by atoms with Gasteiger partial charge in [-0.3, -0.25) is 4.79 Å². The molecule has 3 aromatic carbocycles. The van der Waals surface area contributed by atoms with Gasteiger partial charge in [0.15, 0.2) is 12.2 Å². The second-order valence-electron chi connectivity index (χ2n) is 9.59. The van der Waals surface area contributed by atoms with Gasteiger partial charge in [0.25, 0.3) is 5.91 Å².